The van der Waals surface area contributed by atoms with Gasteiger partial charge in [-0.1, -0.05) is 18.2 Å². The van der Waals surface area contributed by atoms with Crippen LogP contribution in [0.25, 0.3) is 10.9 Å². The molecule has 4 heteroatoms. The van der Waals surface area contributed by atoms with Crippen LogP contribution in [0.1, 0.15) is 36.4 Å². The highest BCUT2D eigenvalue weighted by Crippen LogP contribution is 2.40. The molecule has 0 bridgehead atoms. The summed E-state index contributed by atoms with van der Waals surface area (Å²) in [4.78, 5) is 4.58. The molecule has 102 valence electrons. The molecule has 2 N–H and O–H groups in total. The Hall–Kier alpha value is -1.00. The van der Waals surface area contributed by atoms with E-state index >= 15 is 0 Å². The summed E-state index contributed by atoms with van der Waals surface area (Å²) in [5, 5.41) is 4.50. The van der Waals surface area contributed by atoms with E-state index in [9.17, 15) is 4.39 Å². The van der Waals surface area contributed by atoms with Crippen LogP contribution in [0.2, 0.25) is 0 Å². The molecule has 3 rings (SSSR count). The summed E-state index contributed by atoms with van der Waals surface area (Å²) in [6, 6.07) is 5.82. The topological polar surface area (TPSA) is 27.8 Å². The quantitative estimate of drug-likeness (QED) is 0.803. The van der Waals surface area contributed by atoms with E-state index in [-0.39, 0.29) is 6.01 Å². The molecule has 1 saturated carbocycles. The molecular formula is C15H19FN2S. The van der Waals surface area contributed by atoms with E-state index in [4.69, 9.17) is 0 Å². The standard InChI is InChI=1S/C15H19FN2S/c1-17-8-13-12-7-11(19-9-16)5-6-14(12)18-15(13)10-3-2-4-10/h5-7,10,17-18H,2-4,8-9H2,1H3. The second-order valence-electron chi connectivity index (χ2n) is 5.14. The number of H-pyrrole nitrogens is 1. The van der Waals surface area contributed by atoms with Crippen molar-refractivity contribution in [3.63, 3.8) is 0 Å². The van der Waals surface area contributed by atoms with Gasteiger partial charge in [0.15, 0.2) is 0 Å². The van der Waals surface area contributed by atoms with Crippen molar-refractivity contribution in [1.29, 1.82) is 0 Å². The smallest absolute Gasteiger partial charge is 0.139 e. The number of benzene rings is 1. The summed E-state index contributed by atoms with van der Waals surface area (Å²) in [5.74, 6) is 0.688. The fraction of sp³-hybridized carbons (Fsp3) is 0.467. The minimum absolute atomic E-state index is 0.368. The lowest BCUT2D eigenvalue weighted by molar-refractivity contribution is 0.410. The van der Waals surface area contributed by atoms with Gasteiger partial charge in [-0.05, 0) is 49.6 Å². The van der Waals surface area contributed by atoms with E-state index in [1.54, 1.807) is 0 Å². The van der Waals surface area contributed by atoms with E-state index in [1.165, 1.54) is 53.2 Å². The fourth-order valence-electron chi connectivity index (χ4n) is 2.81. The van der Waals surface area contributed by atoms with Crippen LogP contribution in [0, 0.1) is 0 Å². The SMILES string of the molecule is CNCc1c(C2CCC2)[nH]c2ccc(SCF)cc12. The van der Waals surface area contributed by atoms with Gasteiger partial charge in [0.1, 0.15) is 6.01 Å². The molecule has 1 fully saturated rings. The molecule has 2 aromatic rings. The Labute approximate surface area is 117 Å². The lowest BCUT2D eigenvalue weighted by atomic mass is 9.81. The molecule has 1 aromatic heterocycles. The summed E-state index contributed by atoms with van der Waals surface area (Å²) in [7, 11) is 1.98. The Morgan fingerprint density at radius 3 is 2.89 bits per heavy atom. The zero-order chi connectivity index (χ0) is 13.2. The number of hydrogen-bond donors (Lipinski definition) is 2. The minimum atomic E-state index is -0.368. The molecule has 0 spiro atoms. The van der Waals surface area contributed by atoms with Gasteiger partial charge in [-0.2, -0.15) is 0 Å². The average molecular weight is 278 g/mol. The first-order chi connectivity index (χ1) is 9.33. The summed E-state index contributed by atoms with van der Waals surface area (Å²) in [6.07, 6.45) is 3.91. The maximum absolute atomic E-state index is 12.5. The minimum Gasteiger partial charge on any atom is -0.358 e. The predicted octanol–water partition coefficient (Wildman–Crippen LogP) is 4.17. The van der Waals surface area contributed by atoms with E-state index in [0.29, 0.717) is 5.92 Å². The Kier molecular flexibility index (Phi) is 3.80. The maximum atomic E-state index is 12.5. The second kappa shape index (κ2) is 5.55. The van der Waals surface area contributed by atoms with Crippen LogP contribution in [-0.4, -0.2) is 18.0 Å². The lowest BCUT2D eigenvalue weighted by Gasteiger charge is -2.25. The number of alkyl halides is 1. The molecule has 0 unspecified atom stereocenters. The fourth-order valence-corrected chi connectivity index (χ4v) is 3.30. The third-order valence-corrected chi connectivity index (χ3v) is 4.70. The molecule has 1 aliphatic carbocycles. The maximum Gasteiger partial charge on any atom is 0.139 e. The molecule has 19 heavy (non-hydrogen) atoms. The van der Waals surface area contributed by atoms with E-state index in [1.807, 2.05) is 13.1 Å². The number of aromatic nitrogens is 1. The molecule has 1 aliphatic rings. The number of halogens is 1. The third kappa shape index (κ3) is 2.39. The van der Waals surface area contributed by atoms with Crippen LogP contribution < -0.4 is 5.32 Å². The Morgan fingerprint density at radius 2 is 2.26 bits per heavy atom. The Balaban J connectivity index is 2.07. The first kappa shape index (κ1) is 13.0. The van der Waals surface area contributed by atoms with Gasteiger partial charge >= 0.3 is 0 Å². The number of fused-ring (bicyclic) bond motifs is 1. The number of rotatable bonds is 5. The van der Waals surface area contributed by atoms with Crippen LogP contribution in [0.5, 0.6) is 0 Å². The van der Waals surface area contributed by atoms with Gasteiger partial charge in [0.05, 0.1) is 0 Å². The van der Waals surface area contributed by atoms with Crippen molar-refractivity contribution in [2.45, 2.75) is 36.6 Å². The predicted molar refractivity (Wildman–Crippen MR) is 79.5 cm³/mol. The molecule has 2 nitrogen and oxygen atoms in total. The van der Waals surface area contributed by atoms with Crippen molar-refractivity contribution < 1.29 is 4.39 Å². The van der Waals surface area contributed by atoms with Crippen LogP contribution in [0.4, 0.5) is 4.39 Å². The van der Waals surface area contributed by atoms with Crippen molar-refractivity contribution in [1.82, 2.24) is 10.3 Å². The molecule has 1 heterocycles. The van der Waals surface area contributed by atoms with E-state index < -0.39 is 0 Å². The summed E-state index contributed by atoms with van der Waals surface area (Å²) in [5.41, 5.74) is 3.93. The molecule has 0 saturated heterocycles. The van der Waals surface area contributed by atoms with Crippen LogP contribution in [0.3, 0.4) is 0 Å². The van der Waals surface area contributed by atoms with Gasteiger partial charge in [0, 0.05) is 28.0 Å². The summed E-state index contributed by atoms with van der Waals surface area (Å²) in [6.45, 7) is 0.871. The first-order valence-corrected chi connectivity index (χ1v) is 7.80. The number of hydrogen-bond acceptors (Lipinski definition) is 2. The summed E-state index contributed by atoms with van der Waals surface area (Å²) < 4.78 is 12.5. The molecule has 0 radical (unpaired) electrons. The van der Waals surface area contributed by atoms with Crippen LogP contribution >= 0.6 is 11.8 Å². The van der Waals surface area contributed by atoms with Crippen molar-refractivity contribution in [2.24, 2.45) is 0 Å². The third-order valence-electron chi connectivity index (χ3n) is 4.00. The zero-order valence-corrected chi connectivity index (χ0v) is 11.9. The monoisotopic (exact) mass is 278 g/mol. The normalized spacial score (nSPS) is 15.9. The van der Waals surface area contributed by atoms with Crippen molar-refractivity contribution in [2.75, 3.05) is 13.1 Å². The molecule has 0 atom stereocenters. The molecule has 1 aromatic carbocycles. The molecule has 0 aliphatic heterocycles. The largest absolute Gasteiger partial charge is 0.358 e. The average Bonchev–Trinajstić information content (AvgIpc) is 2.67. The van der Waals surface area contributed by atoms with Gasteiger partial charge in [-0.15, -0.1) is 0 Å². The van der Waals surface area contributed by atoms with Gasteiger partial charge in [-0.3, -0.25) is 0 Å². The van der Waals surface area contributed by atoms with Gasteiger partial charge in [0.2, 0.25) is 0 Å². The zero-order valence-electron chi connectivity index (χ0n) is 11.1. The van der Waals surface area contributed by atoms with Crippen molar-refractivity contribution >= 4 is 22.7 Å². The van der Waals surface area contributed by atoms with Crippen LogP contribution in [0.15, 0.2) is 23.1 Å². The van der Waals surface area contributed by atoms with Gasteiger partial charge in [0.25, 0.3) is 0 Å². The Bertz CT molecular complexity index is 575. The number of aromatic amines is 1. The number of thioether (sulfide) groups is 1. The molecule has 0 amide bonds. The molecular weight excluding hydrogens is 259 g/mol. The Morgan fingerprint density at radius 1 is 1.42 bits per heavy atom. The number of nitrogens with one attached hydrogen (secondary N) is 2. The second-order valence-corrected chi connectivity index (χ2v) is 6.11. The van der Waals surface area contributed by atoms with Gasteiger partial charge < -0.3 is 10.3 Å². The van der Waals surface area contributed by atoms with Crippen molar-refractivity contribution in [3.05, 3.63) is 29.5 Å². The highest BCUT2D eigenvalue weighted by molar-refractivity contribution is 7.99. The highest BCUT2D eigenvalue weighted by Gasteiger charge is 2.25. The van der Waals surface area contributed by atoms with Crippen molar-refractivity contribution in [3.8, 4) is 0 Å². The van der Waals surface area contributed by atoms with Crippen LogP contribution in [-0.2, 0) is 6.54 Å². The van der Waals surface area contributed by atoms with E-state index in [0.717, 1.165) is 11.4 Å². The lowest BCUT2D eigenvalue weighted by Crippen LogP contribution is -2.14. The van der Waals surface area contributed by atoms with Gasteiger partial charge in [-0.25, -0.2) is 4.39 Å². The van der Waals surface area contributed by atoms with E-state index in [2.05, 4.69) is 22.4 Å². The highest BCUT2D eigenvalue weighted by atomic mass is 32.2. The first-order valence-electron chi connectivity index (χ1n) is 6.81. The summed E-state index contributed by atoms with van der Waals surface area (Å²) >= 11 is 1.25.